The lowest BCUT2D eigenvalue weighted by Gasteiger charge is -2.30. The maximum absolute atomic E-state index is 12.6. The van der Waals surface area contributed by atoms with Crippen LogP contribution in [0.3, 0.4) is 0 Å². The van der Waals surface area contributed by atoms with Crippen molar-refractivity contribution in [2.75, 3.05) is 25.5 Å². The third-order valence-electron chi connectivity index (χ3n) is 6.59. The number of carbonyl (C=O) groups excluding carboxylic acids is 3. The number of para-hydroxylation sites is 1. The summed E-state index contributed by atoms with van der Waals surface area (Å²) in [5, 5.41) is 4.01. The molecule has 0 spiro atoms. The molecule has 4 rings (SSSR count). The monoisotopic (exact) mass is 473 g/mol. The van der Waals surface area contributed by atoms with Crippen LogP contribution in [0.2, 0.25) is 0 Å². The molecule has 35 heavy (non-hydrogen) atoms. The molecule has 1 aliphatic rings. The Morgan fingerprint density at radius 3 is 2.54 bits per heavy atom. The number of benzene rings is 1. The predicted molar refractivity (Wildman–Crippen MR) is 136 cm³/mol. The average molecular weight is 474 g/mol. The minimum Gasteiger partial charge on any atom is -0.346 e. The summed E-state index contributed by atoms with van der Waals surface area (Å²) >= 11 is 0. The normalized spacial score (nSPS) is 14.4. The van der Waals surface area contributed by atoms with Crippen molar-refractivity contribution >= 4 is 40.5 Å². The molecule has 0 atom stereocenters. The molecule has 0 radical (unpaired) electrons. The topological polar surface area (TPSA) is 87.5 Å². The van der Waals surface area contributed by atoms with Crippen LogP contribution in [-0.2, 0) is 28.0 Å². The molecular weight excluding hydrogens is 442 g/mol. The first kappa shape index (κ1) is 24.2. The van der Waals surface area contributed by atoms with Crippen LogP contribution < -0.4 is 5.32 Å². The molecule has 0 unspecified atom stereocenters. The van der Waals surface area contributed by atoms with Gasteiger partial charge in [-0.05, 0) is 54.1 Å². The molecule has 8 nitrogen and oxygen atoms in total. The van der Waals surface area contributed by atoms with Gasteiger partial charge in [0.05, 0.1) is 6.54 Å². The van der Waals surface area contributed by atoms with Gasteiger partial charge >= 0.3 is 0 Å². The number of pyridine rings is 1. The number of piperidine rings is 1. The number of hydrogen-bond donors (Lipinski definition) is 1. The summed E-state index contributed by atoms with van der Waals surface area (Å²) in [5.74, 6) is 0.216. The van der Waals surface area contributed by atoms with E-state index >= 15 is 0 Å². The second-order valence-electron chi connectivity index (χ2n) is 9.03. The number of likely N-dealkylation sites (tertiary alicyclic amines) is 1. The van der Waals surface area contributed by atoms with Gasteiger partial charge < -0.3 is 19.7 Å². The van der Waals surface area contributed by atoms with Crippen LogP contribution in [-0.4, -0.2) is 57.2 Å². The van der Waals surface area contributed by atoms with Gasteiger partial charge in [0.1, 0.15) is 5.82 Å². The summed E-state index contributed by atoms with van der Waals surface area (Å²) in [5.41, 5.74) is 2.96. The van der Waals surface area contributed by atoms with Gasteiger partial charge in [-0.2, -0.15) is 0 Å². The number of anilines is 1. The number of aromatic nitrogens is 2. The number of likely N-dealkylation sites (N-methyl/N-ethyl adjacent to an activating group) is 1. The Bertz CT molecular complexity index is 1250. The van der Waals surface area contributed by atoms with Crippen LogP contribution in [0.5, 0.6) is 0 Å². The molecule has 3 aromatic rings. The Balaban J connectivity index is 1.29. The van der Waals surface area contributed by atoms with E-state index in [1.807, 2.05) is 25.2 Å². The zero-order valence-electron chi connectivity index (χ0n) is 20.4. The van der Waals surface area contributed by atoms with Gasteiger partial charge in [-0.1, -0.05) is 18.2 Å². The lowest BCUT2D eigenvalue weighted by molar-refractivity contribution is -0.132. The highest BCUT2D eigenvalue weighted by Gasteiger charge is 2.26. The standard InChI is InChI=1S/C27H31N5O3/c1-19(33)32-14-12-21(13-15-32)27(35)29-25-10-8-20(17-28-25)9-11-26(34)30(2)18-23-16-22-6-4-5-7-24(22)31(23)3/h4-11,16-17,21H,12-15,18H2,1-3H3,(H,28,29,35)/b11-9+. The Morgan fingerprint density at radius 1 is 1.14 bits per heavy atom. The minimum atomic E-state index is -0.123. The van der Waals surface area contributed by atoms with Crippen molar-refractivity contribution in [3.05, 3.63) is 66.0 Å². The lowest BCUT2D eigenvalue weighted by atomic mass is 9.96. The van der Waals surface area contributed by atoms with Crippen molar-refractivity contribution in [1.29, 1.82) is 0 Å². The predicted octanol–water partition coefficient (Wildman–Crippen LogP) is 3.44. The van der Waals surface area contributed by atoms with Crippen molar-refractivity contribution < 1.29 is 14.4 Å². The quantitative estimate of drug-likeness (QED) is 0.556. The lowest BCUT2D eigenvalue weighted by Crippen LogP contribution is -2.40. The number of nitrogens with one attached hydrogen (secondary N) is 1. The van der Waals surface area contributed by atoms with Crippen LogP contribution in [0, 0.1) is 5.92 Å². The van der Waals surface area contributed by atoms with Gasteiger partial charge in [0, 0.05) is 63.5 Å². The second kappa shape index (κ2) is 10.5. The summed E-state index contributed by atoms with van der Waals surface area (Å²) in [7, 11) is 3.79. The molecule has 1 fully saturated rings. The van der Waals surface area contributed by atoms with Gasteiger partial charge in [0.2, 0.25) is 17.7 Å². The first-order valence-electron chi connectivity index (χ1n) is 11.8. The van der Waals surface area contributed by atoms with Crippen LogP contribution in [0.4, 0.5) is 5.82 Å². The fraction of sp³-hybridized carbons (Fsp3) is 0.333. The number of hydrogen-bond acceptors (Lipinski definition) is 4. The van der Waals surface area contributed by atoms with E-state index in [1.54, 1.807) is 42.1 Å². The van der Waals surface area contributed by atoms with E-state index in [-0.39, 0.29) is 23.6 Å². The molecule has 182 valence electrons. The summed E-state index contributed by atoms with van der Waals surface area (Å²) in [6.45, 7) is 3.26. The third kappa shape index (κ3) is 5.77. The van der Waals surface area contributed by atoms with Gasteiger partial charge in [-0.3, -0.25) is 14.4 Å². The number of rotatable bonds is 6. The van der Waals surface area contributed by atoms with Crippen molar-refractivity contribution in [1.82, 2.24) is 19.4 Å². The van der Waals surface area contributed by atoms with E-state index in [2.05, 4.69) is 33.1 Å². The number of nitrogens with zero attached hydrogens (tertiary/aromatic N) is 4. The summed E-state index contributed by atoms with van der Waals surface area (Å²) in [6, 6.07) is 13.8. The third-order valence-corrected chi connectivity index (χ3v) is 6.59. The highest BCUT2D eigenvalue weighted by Crippen LogP contribution is 2.20. The van der Waals surface area contributed by atoms with Crippen LogP contribution in [0.1, 0.15) is 31.0 Å². The van der Waals surface area contributed by atoms with Gasteiger partial charge in [0.25, 0.3) is 0 Å². The Kier molecular flexibility index (Phi) is 7.29. The maximum atomic E-state index is 12.6. The van der Waals surface area contributed by atoms with E-state index in [4.69, 9.17) is 0 Å². The highest BCUT2D eigenvalue weighted by atomic mass is 16.2. The Morgan fingerprint density at radius 2 is 1.89 bits per heavy atom. The molecule has 1 aliphatic heterocycles. The van der Waals surface area contributed by atoms with Crippen molar-refractivity contribution in [3.63, 3.8) is 0 Å². The first-order chi connectivity index (χ1) is 16.8. The zero-order valence-corrected chi connectivity index (χ0v) is 20.4. The number of carbonyl (C=O) groups is 3. The number of aryl methyl sites for hydroxylation is 1. The van der Waals surface area contributed by atoms with Crippen LogP contribution in [0.15, 0.2) is 54.7 Å². The summed E-state index contributed by atoms with van der Waals surface area (Å²) < 4.78 is 2.10. The molecular formula is C27H31N5O3. The first-order valence-corrected chi connectivity index (χ1v) is 11.8. The van der Waals surface area contributed by atoms with E-state index in [0.717, 1.165) is 22.2 Å². The Labute approximate surface area is 205 Å². The fourth-order valence-corrected chi connectivity index (χ4v) is 4.38. The van der Waals surface area contributed by atoms with E-state index in [1.165, 1.54) is 6.08 Å². The van der Waals surface area contributed by atoms with Crippen LogP contribution >= 0.6 is 0 Å². The number of amides is 3. The fourth-order valence-electron chi connectivity index (χ4n) is 4.38. The smallest absolute Gasteiger partial charge is 0.246 e. The van der Waals surface area contributed by atoms with Crippen LogP contribution in [0.25, 0.3) is 17.0 Å². The van der Waals surface area contributed by atoms with Gasteiger partial charge in [0.15, 0.2) is 0 Å². The largest absolute Gasteiger partial charge is 0.346 e. The summed E-state index contributed by atoms with van der Waals surface area (Å²) in [6.07, 6.45) is 6.18. The molecule has 1 N–H and O–H groups in total. The van der Waals surface area contributed by atoms with Gasteiger partial charge in [-0.25, -0.2) is 4.98 Å². The van der Waals surface area contributed by atoms with E-state index in [9.17, 15) is 14.4 Å². The van der Waals surface area contributed by atoms with E-state index in [0.29, 0.717) is 38.3 Å². The minimum absolute atomic E-state index is 0.0485. The van der Waals surface area contributed by atoms with Gasteiger partial charge in [-0.15, -0.1) is 0 Å². The Hall–Kier alpha value is -3.94. The molecule has 0 bridgehead atoms. The molecule has 1 aromatic carbocycles. The molecule has 2 aromatic heterocycles. The second-order valence-corrected chi connectivity index (χ2v) is 9.03. The molecule has 0 saturated carbocycles. The molecule has 1 saturated heterocycles. The van der Waals surface area contributed by atoms with Crippen molar-refractivity contribution in [3.8, 4) is 0 Å². The summed E-state index contributed by atoms with van der Waals surface area (Å²) in [4.78, 5) is 44.3. The van der Waals surface area contributed by atoms with Crippen molar-refractivity contribution in [2.24, 2.45) is 13.0 Å². The average Bonchev–Trinajstić information content (AvgIpc) is 3.18. The zero-order chi connectivity index (χ0) is 24.9. The molecule has 8 heteroatoms. The number of fused-ring (bicyclic) bond motifs is 1. The molecule has 0 aliphatic carbocycles. The molecule has 3 amide bonds. The molecule has 3 heterocycles. The van der Waals surface area contributed by atoms with Crippen molar-refractivity contribution in [2.45, 2.75) is 26.3 Å². The maximum Gasteiger partial charge on any atom is 0.246 e. The highest BCUT2D eigenvalue weighted by molar-refractivity contribution is 5.93. The van der Waals surface area contributed by atoms with E-state index < -0.39 is 0 Å². The SMILES string of the molecule is CC(=O)N1CCC(C(=O)Nc2ccc(/C=C/C(=O)N(C)Cc3cc4ccccc4n3C)cn2)CC1.